The smallest absolute Gasteiger partial charge is 0.343 e. The Hall–Kier alpha value is -0.800. The number of hydrogen-bond donors (Lipinski definition) is 0. The molecule has 3 aliphatic rings. The standard InChI is InChI=1S/C17H28N2O9S2/c1-10(29-7)18-27-14(20)19(6)30(21)23-9-17-13(26-16(4,5)28-17)12-11(8-22-17)24-15(2,3)25-12/h11-13H,8-9H2,1-7H3/b18-10+/t11-,12-,13+,17+,30?/m1/s1. The molecule has 172 valence electrons. The molecule has 3 fully saturated rings. The molecular formula is C17H28N2O9S2. The second-order valence-electron chi connectivity index (χ2n) is 7.95. The predicted octanol–water partition coefficient (Wildman–Crippen LogP) is 1.74. The topological polar surface area (TPSA) is 114 Å². The van der Waals surface area contributed by atoms with Crippen molar-refractivity contribution in [2.75, 3.05) is 26.5 Å². The molecule has 11 nitrogen and oxygen atoms in total. The van der Waals surface area contributed by atoms with Crippen LogP contribution in [0.2, 0.25) is 0 Å². The molecule has 0 aliphatic carbocycles. The van der Waals surface area contributed by atoms with Gasteiger partial charge in [-0.2, -0.15) is 0 Å². The molecular weight excluding hydrogens is 440 g/mol. The number of nitrogens with zero attached hydrogens (tertiary/aromatic N) is 2. The zero-order valence-corrected chi connectivity index (χ0v) is 19.7. The highest BCUT2D eigenvalue weighted by Crippen LogP contribution is 2.47. The van der Waals surface area contributed by atoms with Crippen LogP contribution in [0.4, 0.5) is 4.79 Å². The maximum Gasteiger partial charge on any atom is 0.449 e. The Balaban J connectivity index is 1.67. The maximum absolute atomic E-state index is 12.5. The van der Waals surface area contributed by atoms with Crippen molar-refractivity contribution in [2.24, 2.45) is 5.16 Å². The van der Waals surface area contributed by atoms with Crippen molar-refractivity contribution in [3.63, 3.8) is 0 Å². The van der Waals surface area contributed by atoms with Crippen molar-refractivity contribution < 1.29 is 41.7 Å². The first-order valence-corrected chi connectivity index (χ1v) is 11.6. The van der Waals surface area contributed by atoms with Gasteiger partial charge in [0.2, 0.25) is 5.79 Å². The van der Waals surface area contributed by atoms with E-state index in [4.69, 9.17) is 32.7 Å². The molecule has 0 aromatic rings. The Morgan fingerprint density at radius 2 is 1.93 bits per heavy atom. The van der Waals surface area contributed by atoms with Crippen LogP contribution in [0.5, 0.6) is 0 Å². The maximum atomic E-state index is 12.5. The van der Waals surface area contributed by atoms with Gasteiger partial charge < -0.3 is 23.7 Å². The molecule has 0 saturated carbocycles. The van der Waals surface area contributed by atoms with Gasteiger partial charge in [-0.05, 0) is 40.9 Å². The van der Waals surface area contributed by atoms with Crippen molar-refractivity contribution in [3.8, 4) is 0 Å². The second-order valence-corrected chi connectivity index (χ2v) is 10.2. The zero-order chi connectivity index (χ0) is 22.3. The molecule has 0 spiro atoms. The lowest BCUT2D eigenvalue weighted by molar-refractivity contribution is -0.290. The highest BCUT2D eigenvalue weighted by Gasteiger charge is 2.65. The molecule has 1 amide bonds. The van der Waals surface area contributed by atoms with E-state index in [1.54, 1.807) is 40.9 Å². The van der Waals surface area contributed by atoms with Gasteiger partial charge in [0.1, 0.15) is 30.0 Å². The molecule has 0 bridgehead atoms. The minimum Gasteiger partial charge on any atom is -0.343 e. The van der Waals surface area contributed by atoms with Crippen LogP contribution >= 0.6 is 11.8 Å². The number of fused-ring (bicyclic) bond motifs is 3. The predicted molar refractivity (Wildman–Crippen MR) is 108 cm³/mol. The Morgan fingerprint density at radius 3 is 2.60 bits per heavy atom. The van der Waals surface area contributed by atoms with Gasteiger partial charge in [-0.25, -0.2) is 13.3 Å². The number of oxime groups is 1. The van der Waals surface area contributed by atoms with Gasteiger partial charge >= 0.3 is 6.09 Å². The summed E-state index contributed by atoms with van der Waals surface area (Å²) in [7, 11) is 1.27. The highest BCUT2D eigenvalue weighted by molar-refractivity contribution is 8.13. The number of amides is 1. The number of rotatable bonds is 5. The van der Waals surface area contributed by atoms with Crippen LogP contribution in [0, 0.1) is 0 Å². The van der Waals surface area contributed by atoms with Crippen molar-refractivity contribution in [2.45, 2.75) is 70.3 Å². The zero-order valence-electron chi connectivity index (χ0n) is 18.0. The van der Waals surface area contributed by atoms with Crippen molar-refractivity contribution in [1.29, 1.82) is 0 Å². The van der Waals surface area contributed by atoms with Crippen LogP contribution in [0.25, 0.3) is 0 Å². The van der Waals surface area contributed by atoms with E-state index in [-0.39, 0.29) is 19.3 Å². The van der Waals surface area contributed by atoms with Gasteiger partial charge in [-0.15, -0.1) is 11.8 Å². The highest BCUT2D eigenvalue weighted by atomic mass is 32.2. The fourth-order valence-corrected chi connectivity index (χ4v) is 4.11. The van der Waals surface area contributed by atoms with Gasteiger partial charge in [0, 0.05) is 7.05 Å². The van der Waals surface area contributed by atoms with Crippen LogP contribution in [-0.2, 0) is 44.0 Å². The fourth-order valence-electron chi connectivity index (χ4n) is 3.42. The monoisotopic (exact) mass is 468 g/mol. The third-order valence-corrected chi connectivity index (χ3v) is 6.25. The van der Waals surface area contributed by atoms with E-state index >= 15 is 0 Å². The summed E-state index contributed by atoms with van der Waals surface area (Å²) in [6, 6.07) is 0. The van der Waals surface area contributed by atoms with Crippen LogP contribution in [-0.4, -0.2) is 81.8 Å². The Bertz CT molecular complexity index is 732. The first-order chi connectivity index (χ1) is 13.9. The van der Waals surface area contributed by atoms with Crippen LogP contribution in [0.15, 0.2) is 5.16 Å². The summed E-state index contributed by atoms with van der Waals surface area (Å²) in [6.45, 7) is 8.67. The average Bonchev–Trinajstić information content (AvgIpc) is 3.14. The molecule has 1 unspecified atom stereocenters. The van der Waals surface area contributed by atoms with E-state index in [1.807, 2.05) is 0 Å². The molecule has 0 aromatic carbocycles. The van der Waals surface area contributed by atoms with Crippen LogP contribution in [0.1, 0.15) is 34.6 Å². The van der Waals surface area contributed by atoms with E-state index < -0.39 is 46.9 Å². The summed E-state index contributed by atoms with van der Waals surface area (Å²) in [6.07, 6.45) is -0.627. The Labute approximate surface area is 182 Å². The van der Waals surface area contributed by atoms with Crippen molar-refractivity contribution in [1.82, 2.24) is 4.31 Å². The summed E-state index contributed by atoms with van der Waals surface area (Å²) in [5.41, 5.74) is 0. The molecule has 30 heavy (non-hydrogen) atoms. The van der Waals surface area contributed by atoms with Crippen molar-refractivity contribution in [3.05, 3.63) is 0 Å². The molecule has 5 atom stereocenters. The molecule has 3 rings (SSSR count). The lowest BCUT2D eigenvalue weighted by Crippen LogP contribution is -2.60. The first-order valence-electron chi connectivity index (χ1n) is 9.34. The van der Waals surface area contributed by atoms with Crippen molar-refractivity contribution >= 4 is 34.2 Å². The van der Waals surface area contributed by atoms with Crippen LogP contribution in [0.3, 0.4) is 0 Å². The number of carbonyl (C=O) groups excluding carboxylic acids is 1. The average molecular weight is 469 g/mol. The molecule has 3 saturated heterocycles. The third-order valence-electron chi connectivity index (χ3n) is 4.66. The number of thioether (sulfide) groups is 1. The largest absolute Gasteiger partial charge is 0.449 e. The van der Waals surface area contributed by atoms with Gasteiger partial charge in [-0.3, -0.25) is 9.02 Å². The fraction of sp³-hybridized carbons (Fsp3) is 0.882. The first kappa shape index (κ1) is 23.9. The minimum atomic E-state index is -2.18. The normalized spacial score (nSPS) is 35.4. The van der Waals surface area contributed by atoms with Gasteiger partial charge in [-0.1, -0.05) is 5.16 Å². The van der Waals surface area contributed by atoms with Gasteiger partial charge in [0.25, 0.3) is 11.3 Å². The minimum absolute atomic E-state index is 0.181. The van der Waals surface area contributed by atoms with Crippen LogP contribution < -0.4 is 0 Å². The summed E-state index contributed by atoms with van der Waals surface area (Å²) in [5, 5.41) is 4.15. The Morgan fingerprint density at radius 1 is 1.23 bits per heavy atom. The molecule has 13 heteroatoms. The number of carbonyl (C=O) groups is 1. The number of ether oxygens (including phenoxy) is 5. The summed E-state index contributed by atoms with van der Waals surface area (Å²) < 4.78 is 48.5. The molecule has 3 heterocycles. The van der Waals surface area contributed by atoms with E-state index in [2.05, 4.69) is 5.16 Å². The lowest BCUT2D eigenvalue weighted by Gasteiger charge is -2.40. The summed E-state index contributed by atoms with van der Waals surface area (Å²) >= 11 is -0.868. The Kier molecular flexibility index (Phi) is 6.85. The molecule has 0 N–H and O–H groups in total. The summed E-state index contributed by atoms with van der Waals surface area (Å²) in [5.74, 6) is -3.16. The van der Waals surface area contributed by atoms with E-state index in [9.17, 15) is 9.00 Å². The quantitative estimate of drug-likeness (QED) is 0.256. The molecule has 3 aliphatic heterocycles. The number of hydrogen-bond acceptors (Lipinski definition) is 11. The van der Waals surface area contributed by atoms with Gasteiger partial charge in [0.05, 0.1) is 6.61 Å². The third kappa shape index (κ3) is 4.99. The van der Waals surface area contributed by atoms with E-state index in [0.29, 0.717) is 5.04 Å². The van der Waals surface area contributed by atoms with E-state index in [1.165, 1.54) is 18.8 Å². The molecule has 0 aromatic heterocycles. The SMILES string of the molecule is CS/C(C)=N/OC(=O)N(C)S(=O)OC[C@@]12OC[C@H]3OC(C)(C)O[C@H]3[C@@H]1OC(C)(C)O2. The van der Waals surface area contributed by atoms with Gasteiger partial charge in [0.15, 0.2) is 11.6 Å². The second kappa shape index (κ2) is 8.62. The molecule has 0 radical (unpaired) electrons. The summed E-state index contributed by atoms with van der Waals surface area (Å²) in [4.78, 5) is 16.7. The van der Waals surface area contributed by atoms with E-state index in [0.717, 1.165) is 4.31 Å². The lowest BCUT2D eigenvalue weighted by atomic mass is 9.98.